The predicted octanol–water partition coefficient (Wildman–Crippen LogP) is 4.26. The molecule has 0 saturated heterocycles. The van der Waals surface area contributed by atoms with Crippen molar-refractivity contribution in [1.82, 2.24) is 10.2 Å². The highest BCUT2D eigenvalue weighted by molar-refractivity contribution is 8.17. The van der Waals surface area contributed by atoms with E-state index in [4.69, 9.17) is 9.98 Å². The van der Waals surface area contributed by atoms with Gasteiger partial charge in [-0.25, -0.2) is 0 Å². The predicted molar refractivity (Wildman–Crippen MR) is 115 cm³/mol. The fourth-order valence-corrected chi connectivity index (χ4v) is 4.95. The molecule has 0 amide bonds. The number of aliphatic imine (C=N–C) groups is 2. The first kappa shape index (κ1) is 20.5. The molecule has 0 spiro atoms. The first-order valence-electron chi connectivity index (χ1n) is 7.82. The Balaban J connectivity index is 0.00000113. The summed E-state index contributed by atoms with van der Waals surface area (Å²) in [6, 6.07) is 8.52. The average Bonchev–Trinajstić information content (AvgIpc) is 2.93. The number of nitrogens with one attached hydrogen (secondary N) is 1. The van der Waals surface area contributed by atoms with Gasteiger partial charge in [0.1, 0.15) is 0 Å². The Hall–Kier alpha value is -0.820. The van der Waals surface area contributed by atoms with Crippen LogP contribution < -0.4 is 5.32 Å². The van der Waals surface area contributed by atoms with Crippen LogP contribution in [0, 0.1) is 0 Å². The molecule has 136 valence electrons. The van der Waals surface area contributed by atoms with E-state index in [2.05, 4.69) is 53.7 Å². The lowest BCUT2D eigenvalue weighted by molar-refractivity contribution is 0.436. The van der Waals surface area contributed by atoms with E-state index in [1.165, 1.54) is 16.8 Å². The summed E-state index contributed by atoms with van der Waals surface area (Å²) in [5.41, 5.74) is 4.04. The number of amidine groups is 2. The second kappa shape index (κ2) is 8.25. The number of rotatable bonds is 2. The van der Waals surface area contributed by atoms with Gasteiger partial charge in [0.25, 0.3) is 0 Å². The topological polar surface area (TPSA) is 40.0 Å². The van der Waals surface area contributed by atoms with Crippen LogP contribution in [0.1, 0.15) is 25.0 Å². The lowest BCUT2D eigenvalue weighted by Crippen LogP contribution is -2.30. The van der Waals surface area contributed by atoms with Crippen molar-refractivity contribution in [2.24, 2.45) is 9.98 Å². The highest BCUT2D eigenvalue weighted by Gasteiger charge is 2.36. The highest BCUT2D eigenvalue weighted by Crippen LogP contribution is 2.36. The smallest absolute Gasteiger partial charge is 0.168 e. The molecule has 0 aliphatic carbocycles. The standard InChI is InChI=1S/C17H20N4S2.2ClH/c1-17(2)11-21-14(10-23-16(21)20-17)9-22-15-18-7-12-5-3-4-6-13(12)8-19-15;;/h3-6,10H,7-9,11H2,1-2H3,(H,18,19);2*1H. The fourth-order valence-electron chi connectivity index (χ4n) is 2.93. The third kappa shape index (κ3) is 4.48. The van der Waals surface area contributed by atoms with Crippen LogP contribution in [-0.4, -0.2) is 33.1 Å². The highest BCUT2D eigenvalue weighted by atomic mass is 35.5. The largest absolute Gasteiger partial charge is 0.361 e. The zero-order chi connectivity index (χ0) is 15.9. The first-order chi connectivity index (χ1) is 11.1. The minimum Gasteiger partial charge on any atom is -0.361 e. The molecule has 1 N–H and O–H groups in total. The maximum absolute atomic E-state index is 4.77. The second-order valence-corrected chi connectivity index (χ2v) is 8.35. The van der Waals surface area contributed by atoms with Gasteiger partial charge in [-0.05, 0) is 30.4 Å². The Morgan fingerprint density at radius 1 is 1.24 bits per heavy atom. The van der Waals surface area contributed by atoms with Gasteiger partial charge in [-0.1, -0.05) is 47.8 Å². The van der Waals surface area contributed by atoms with Crippen molar-refractivity contribution in [3.05, 3.63) is 46.5 Å². The van der Waals surface area contributed by atoms with Crippen LogP contribution in [0.5, 0.6) is 0 Å². The van der Waals surface area contributed by atoms with Gasteiger partial charge in [0.2, 0.25) is 0 Å². The van der Waals surface area contributed by atoms with E-state index in [0.29, 0.717) is 0 Å². The number of hydrogen-bond donors (Lipinski definition) is 1. The fraction of sp³-hybridized carbons (Fsp3) is 0.412. The SMILES string of the molecule is CC1(C)CN2C(CSC3=NCc4ccccc4CN3)=CSC2=N1.Cl.Cl. The normalized spacial score (nSPS) is 19.9. The molecule has 3 aliphatic rings. The molecule has 1 aromatic carbocycles. The molecule has 0 fully saturated rings. The molecule has 0 radical (unpaired) electrons. The molecule has 0 saturated carbocycles. The summed E-state index contributed by atoms with van der Waals surface area (Å²) in [6.45, 7) is 6.99. The van der Waals surface area contributed by atoms with Crippen molar-refractivity contribution in [1.29, 1.82) is 0 Å². The molecule has 0 aromatic heterocycles. The molecule has 3 aliphatic heterocycles. The number of hydrogen-bond acceptors (Lipinski definition) is 6. The molecule has 3 heterocycles. The zero-order valence-electron chi connectivity index (χ0n) is 14.2. The van der Waals surface area contributed by atoms with Crippen molar-refractivity contribution >= 4 is 58.7 Å². The van der Waals surface area contributed by atoms with Crippen LogP contribution in [0.2, 0.25) is 0 Å². The molecule has 0 unspecified atom stereocenters. The molecule has 25 heavy (non-hydrogen) atoms. The second-order valence-electron chi connectivity index (χ2n) is 6.55. The summed E-state index contributed by atoms with van der Waals surface area (Å²) in [4.78, 5) is 11.8. The molecule has 1 aromatic rings. The zero-order valence-corrected chi connectivity index (χ0v) is 17.5. The Morgan fingerprint density at radius 2 is 2.00 bits per heavy atom. The molecular weight excluding hydrogens is 395 g/mol. The molecule has 8 heteroatoms. The van der Waals surface area contributed by atoms with Gasteiger partial charge in [0, 0.05) is 24.5 Å². The summed E-state index contributed by atoms with van der Waals surface area (Å²) < 4.78 is 0. The summed E-state index contributed by atoms with van der Waals surface area (Å²) in [5, 5.41) is 7.88. The van der Waals surface area contributed by atoms with Crippen LogP contribution in [0.15, 0.2) is 45.4 Å². The number of benzene rings is 1. The van der Waals surface area contributed by atoms with Gasteiger partial charge in [-0.15, -0.1) is 24.8 Å². The van der Waals surface area contributed by atoms with E-state index in [1.54, 1.807) is 23.5 Å². The third-order valence-corrected chi connectivity index (χ3v) is 6.02. The van der Waals surface area contributed by atoms with E-state index in [1.807, 2.05) is 0 Å². The van der Waals surface area contributed by atoms with Gasteiger partial charge < -0.3 is 10.2 Å². The quantitative estimate of drug-likeness (QED) is 0.781. The summed E-state index contributed by atoms with van der Waals surface area (Å²) >= 11 is 3.53. The summed E-state index contributed by atoms with van der Waals surface area (Å²) in [6.07, 6.45) is 0. The van der Waals surface area contributed by atoms with E-state index < -0.39 is 0 Å². The van der Waals surface area contributed by atoms with E-state index in [9.17, 15) is 0 Å². The molecular formula is C17H22Cl2N4S2. The molecule has 4 nitrogen and oxygen atoms in total. The van der Waals surface area contributed by atoms with Crippen LogP contribution in [0.3, 0.4) is 0 Å². The van der Waals surface area contributed by atoms with E-state index >= 15 is 0 Å². The lowest BCUT2D eigenvalue weighted by atomic mass is 10.1. The van der Waals surface area contributed by atoms with Crippen LogP contribution in [0.25, 0.3) is 0 Å². The van der Waals surface area contributed by atoms with E-state index in [0.717, 1.165) is 35.7 Å². The lowest BCUT2D eigenvalue weighted by Gasteiger charge is -2.20. The van der Waals surface area contributed by atoms with Gasteiger partial charge in [0.15, 0.2) is 10.3 Å². The first-order valence-corrected chi connectivity index (χ1v) is 9.68. The van der Waals surface area contributed by atoms with Gasteiger partial charge in [-0.3, -0.25) is 9.98 Å². The maximum atomic E-state index is 4.77. The summed E-state index contributed by atoms with van der Waals surface area (Å²) in [7, 11) is 0. The van der Waals surface area contributed by atoms with E-state index in [-0.39, 0.29) is 30.4 Å². The monoisotopic (exact) mass is 416 g/mol. The number of fused-ring (bicyclic) bond motifs is 2. The Labute approximate surface area is 169 Å². The van der Waals surface area contributed by atoms with Crippen molar-refractivity contribution in [2.75, 3.05) is 12.3 Å². The Bertz CT molecular complexity index is 731. The molecule has 0 bridgehead atoms. The van der Waals surface area contributed by atoms with Crippen LogP contribution in [-0.2, 0) is 13.1 Å². The van der Waals surface area contributed by atoms with Crippen molar-refractivity contribution < 1.29 is 0 Å². The van der Waals surface area contributed by atoms with Gasteiger partial charge >= 0.3 is 0 Å². The maximum Gasteiger partial charge on any atom is 0.168 e. The average molecular weight is 417 g/mol. The molecule has 4 rings (SSSR count). The van der Waals surface area contributed by atoms with Crippen molar-refractivity contribution in [2.45, 2.75) is 32.5 Å². The Morgan fingerprint density at radius 3 is 2.80 bits per heavy atom. The summed E-state index contributed by atoms with van der Waals surface area (Å²) in [5.74, 6) is 0.935. The van der Waals surface area contributed by atoms with Crippen molar-refractivity contribution in [3.8, 4) is 0 Å². The Kier molecular flexibility index (Phi) is 6.76. The number of thioether (sulfide) groups is 2. The molecule has 0 atom stereocenters. The number of halogens is 2. The third-order valence-electron chi connectivity index (χ3n) is 4.12. The minimum atomic E-state index is 0. The van der Waals surface area contributed by atoms with Crippen molar-refractivity contribution in [3.63, 3.8) is 0 Å². The minimum absolute atomic E-state index is 0. The van der Waals surface area contributed by atoms with Crippen LogP contribution >= 0.6 is 48.3 Å². The number of nitrogens with zero attached hydrogens (tertiary/aromatic N) is 3. The van der Waals surface area contributed by atoms with Gasteiger partial charge in [0.05, 0.1) is 12.1 Å². The van der Waals surface area contributed by atoms with Crippen LogP contribution in [0.4, 0.5) is 0 Å². The van der Waals surface area contributed by atoms with Gasteiger partial charge in [-0.2, -0.15) is 0 Å².